The van der Waals surface area contributed by atoms with Gasteiger partial charge in [0.2, 0.25) is 5.89 Å². The van der Waals surface area contributed by atoms with Gasteiger partial charge in [-0.25, -0.2) is 0 Å². The Balaban J connectivity index is 1.81. The molecule has 164 valence electrons. The van der Waals surface area contributed by atoms with Gasteiger partial charge in [0.15, 0.2) is 17.3 Å². The maximum absolute atomic E-state index is 12.6. The lowest BCUT2D eigenvalue weighted by atomic mass is 10.2. The van der Waals surface area contributed by atoms with Crippen molar-refractivity contribution in [1.82, 2.24) is 4.98 Å². The fourth-order valence-electron chi connectivity index (χ4n) is 2.76. The van der Waals surface area contributed by atoms with Gasteiger partial charge in [-0.15, -0.1) is 0 Å². The molecule has 1 aromatic heterocycles. The van der Waals surface area contributed by atoms with Crippen molar-refractivity contribution in [1.29, 1.82) is 0 Å². The highest BCUT2D eigenvalue weighted by Crippen LogP contribution is 2.34. The van der Waals surface area contributed by atoms with Crippen LogP contribution in [-0.4, -0.2) is 30.2 Å². The zero-order valence-electron chi connectivity index (χ0n) is 17.2. The van der Waals surface area contributed by atoms with E-state index in [1.54, 1.807) is 38.1 Å². The Labute approximate surface area is 177 Å². The minimum absolute atomic E-state index is 0.0972. The number of alkyl halides is 2. The summed E-state index contributed by atoms with van der Waals surface area (Å²) in [7, 11) is 0. The third-order valence-electron chi connectivity index (χ3n) is 3.95. The van der Waals surface area contributed by atoms with Crippen LogP contribution < -0.4 is 19.5 Å². The highest BCUT2D eigenvalue weighted by atomic mass is 19.3. The van der Waals surface area contributed by atoms with Gasteiger partial charge >= 0.3 is 6.61 Å². The van der Waals surface area contributed by atoms with Crippen LogP contribution in [0, 0.1) is 0 Å². The second-order valence-corrected chi connectivity index (χ2v) is 6.63. The van der Waals surface area contributed by atoms with Crippen molar-refractivity contribution in [3.8, 4) is 28.7 Å². The Kier molecular flexibility index (Phi) is 7.07. The largest absolute Gasteiger partial charge is 0.493 e. The van der Waals surface area contributed by atoms with Crippen LogP contribution in [0.15, 0.2) is 53.1 Å². The summed E-state index contributed by atoms with van der Waals surface area (Å²) < 4.78 is 46.3. The highest BCUT2D eigenvalue weighted by molar-refractivity contribution is 6.05. The van der Waals surface area contributed by atoms with Crippen LogP contribution in [-0.2, 0) is 0 Å². The lowest BCUT2D eigenvalue weighted by Gasteiger charge is -2.15. The van der Waals surface area contributed by atoms with Gasteiger partial charge in [-0.05, 0) is 51.1 Å². The molecule has 31 heavy (non-hydrogen) atoms. The normalized spacial score (nSPS) is 10.9. The van der Waals surface area contributed by atoms with Crippen molar-refractivity contribution >= 4 is 11.7 Å². The molecule has 0 fully saturated rings. The van der Waals surface area contributed by atoms with Crippen molar-refractivity contribution in [2.45, 2.75) is 33.5 Å². The number of anilines is 1. The van der Waals surface area contributed by atoms with Gasteiger partial charge in [0.05, 0.1) is 18.3 Å². The lowest BCUT2D eigenvalue weighted by molar-refractivity contribution is -0.0518. The number of nitrogens with one attached hydrogen (secondary N) is 1. The van der Waals surface area contributed by atoms with Gasteiger partial charge in [0, 0.05) is 5.56 Å². The maximum atomic E-state index is 12.6. The molecular weight excluding hydrogens is 410 g/mol. The Hall–Kier alpha value is -3.62. The molecule has 1 N–H and O–H groups in total. The molecule has 0 saturated carbocycles. The first-order valence-electron chi connectivity index (χ1n) is 9.62. The molecule has 0 unspecified atom stereocenters. The van der Waals surface area contributed by atoms with E-state index in [-0.39, 0.29) is 29.3 Å². The number of carbonyl (C=O) groups excluding carboxylic acids is 1. The molecule has 1 heterocycles. The summed E-state index contributed by atoms with van der Waals surface area (Å²) in [5.74, 6) is 0.433. The second-order valence-electron chi connectivity index (χ2n) is 6.63. The average Bonchev–Trinajstić information content (AvgIpc) is 3.17. The number of para-hydroxylation sites is 1. The van der Waals surface area contributed by atoms with Gasteiger partial charge in [0.25, 0.3) is 5.91 Å². The monoisotopic (exact) mass is 432 g/mol. The van der Waals surface area contributed by atoms with E-state index in [9.17, 15) is 13.6 Å². The number of ether oxygens (including phenoxy) is 3. The van der Waals surface area contributed by atoms with Gasteiger partial charge in [-0.1, -0.05) is 12.1 Å². The van der Waals surface area contributed by atoms with Gasteiger partial charge in [-0.3, -0.25) is 4.79 Å². The van der Waals surface area contributed by atoms with Crippen LogP contribution in [0.5, 0.6) is 17.2 Å². The topological polar surface area (TPSA) is 82.8 Å². The Morgan fingerprint density at radius 1 is 1.10 bits per heavy atom. The van der Waals surface area contributed by atoms with Crippen molar-refractivity contribution in [3.63, 3.8) is 0 Å². The number of rotatable bonds is 9. The van der Waals surface area contributed by atoms with E-state index >= 15 is 0 Å². The standard InChI is InChI=1S/C22H22F2N2O5/c1-4-28-16-8-6-5-7-15(16)20(27)25-19-12-29-21(26-19)14-9-10-17(31-22(23)24)18(11-14)30-13(2)3/h5-13,22H,4H2,1-3H3,(H,25,27). The van der Waals surface area contributed by atoms with E-state index in [0.717, 1.165) is 0 Å². The molecule has 7 nitrogen and oxygen atoms in total. The molecule has 0 radical (unpaired) electrons. The van der Waals surface area contributed by atoms with Crippen LogP contribution in [0.3, 0.4) is 0 Å². The minimum Gasteiger partial charge on any atom is -0.493 e. The second kappa shape index (κ2) is 9.92. The predicted octanol–water partition coefficient (Wildman–Crippen LogP) is 5.38. The fraction of sp³-hybridized carbons (Fsp3) is 0.273. The molecular formula is C22H22F2N2O5. The minimum atomic E-state index is -2.98. The molecule has 1 amide bonds. The Morgan fingerprint density at radius 2 is 1.87 bits per heavy atom. The Morgan fingerprint density at radius 3 is 2.58 bits per heavy atom. The van der Waals surface area contributed by atoms with E-state index in [1.165, 1.54) is 24.5 Å². The van der Waals surface area contributed by atoms with Crippen molar-refractivity contribution in [3.05, 3.63) is 54.3 Å². The summed E-state index contributed by atoms with van der Waals surface area (Å²) in [5, 5.41) is 2.65. The number of carbonyl (C=O) groups is 1. The molecule has 2 aromatic carbocycles. The number of hydrogen-bond acceptors (Lipinski definition) is 6. The molecule has 3 rings (SSSR count). The van der Waals surface area contributed by atoms with Gasteiger partial charge in [0.1, 0.15) is 12.0 Å². The maximum Gasteiger partial charge on any atom is 0.387 e. The van der Waals surface area contributed by atoms with E-state index in [0.29, 0.717) is 23.5 Å². The number of benzene rings is 2. The molecule has 9 heteroatoms. The number of halogens is 2. The first-order valence-corrected chi connectivity index (χ1v) is 9.62. The number of aromatic nitrogens is 1. The third kappa shape index (κ3) is 5.71. The Bertz CT molecular complexity index is 1040. The summed E-state index contributed by atoms with van der Waals surface area (Å²) in [6.07, 6.45) is 1.02. The molecule has 0 spiro atoms. The predicted molar refractivity (Wildman–Crippen MR) is 110 cm³/mol. The van der Waals surface area contributed by atoms with Crippen LogP contribution in [0.1, 0.15) is 31.1 Å². The number of hydrogen-bond donors (Lipinski definition) is 1. The quantitative estimate of drug-likeness (QED) is 0.489. The highest BCUT2D eigenvalue weighted by Gasteiger charge is 2.18. The molecule has 0 saturated heterocycles. The molecule has 0 aliphatic heterocycles. The van der Waals surface area contributed by atoms with E-state index in [1.807, 2.05) is 6.92 Å². The average molecular weight is 432 g/mol. The van der Waals surface area contributed by atoms with E-state index < -0.39 is 12.5 Å². The molecule has 0 aliphatic carbocycles. The smallest absolute Gasteiger partial charge is 0.387 e. The fourth-order valence-corrected chi connectivity index (χ4v) is 2.76. The van der Waals surface area contributed by atoms with Crippen LogP contribution in [0.4, 0.5) is 14.6 Å². The van der Waals surface area contributed by atoms with Gasteiger partial charge in [-0.2, -0.15) is 13.8 Å². The summed E-state index contributed by atoms with van der Waals surface area (Å²) in [6, 6.07) is 11.2. The summed E-state index contributed by atoms with van der Waals surface area (Å²) in [6.45, 7) is 2.79. The van der Waals surface area contributed by atoms with Crippen LogP contribution >= 0.6 is 0 Å². The number of oxazole rings is 1. The lowest BCUT2D eigenvalue weighted by Crippen LogP contribution is -2.13. The SMILES string of the molecule is CCOc1ccccc1C(=O)Nc1coc(-c2ccc(OC(F)F)c(OC(C)C)c2)n1. The first-order chi connectivity index (χ1) is 14.9. The van der Waals surface area contributed by atoms with Crippen molar-refractivity contribution in [2.75, 3.05) is 11.9 Å². The summed E-state index contributed by atoms with van der Waals surface area (Å²) in [4.78, 5) is 16.8. The zero-order chi connectivity index (χ0) is 22.4. The zero-order valence-corrected chi connectivity index (χ0v) is 17.2. The van der Waals surface area contributed by atoms with Crippen molar-refractivity contribution < 1.29 is 32.2 Å². The van der Waals surface area contributed by atoms with Crippen molar-refractivity contribution in [2.24, 2.45) is 0 Å². The summed E-state index contributed by atoms with van der Waals surface area (Å²) >= 11 is 0. The summed E-state index contributed by atoms with van der Waals surface area (Å²) in [5.41, 5.74) is 0.822. The number of nitrogens with zero attached hydrogens (tertiary/aromatic N) is 1. The molecule has 0 atom stereocenters. The van der Waals surface area contributed by atoms with Crippen LogP contribution in [0.2, 0.25) is 0 Å². The molecule has 0 aliphatic rings. The first kappa shape index (κ1) is 22.1. The third-order valence-corrected chi connectivity index (χ3v) is 3.95. The number of amides is 1. The molecule has 3 aromatic rings. The van der Waals surface area contributed by atoms with E-state index in [2.05, 4.69) is 15.0 Å². The van der Waals surface area contributed by atoms with E-state index in [4.69, 9.17) is 13.9 Å². The van der Waals surface area contributed by atoms with Gasteiger partial charge < -0.3 is 23.9 Å². The molecule has 0 bridgehead atoms. The van der Waals surface area contributed by atoms with Crippen LogP contribution in [0.25, 0.3) is 11.5 Å².